The van der Waals surface area contributed by atoms with Crippen molar-refractivity contribution >= 4 is 0 Å². The van der Waals surface area contributed by atoms with E-state index in [2.05, 4.69) is 30.5 Å². The molecule has 3 unspecified atom stereocenters. The minimum absolute atomic E-state index is 0.229. The maximum absolute atomic E-state index is 10.2. The Morgan fingerprint density at radius 1 is 1.28 bits per heavy atom. The van der Waals surface area contributed by atoms with Crippen LogP contribution in [0.25, 0.3) is 0 Å². The molecule has 4 atom stereocenters. The van der Waals surface area contributed by atoms with Crippen molar-refractivity contribution in [3.63, 3.8) is 0 Å². The Bertz CT molecular complexity index is 706. The number of aromatic hydroxyl groups is 1. The van der Waals surface area contributed by atoms with E-state index in [9.17, 15) is 5.11 Å². The number of hydrogen-bond donors (Lipinski definition) is 1. The van der Waals surface area contributed by atoms with Crippen LogP contribution >= 0.6 is 0 Å². The summed E-state index contributed by atoms with van der Waals surface area (Å²) >= 11 is 0. The Hall–Kier alpha value is -1.28. The van der Waals surface area contributed by atoms with Crippen LogP contribution in [0.2, 0.25) is 0 Å². The van der Waals surface area contributed by atoms with Gasteiger partial charge in [-0.25, -0.2) is 0 Å². The van der Waals surface area contributed by atoms with Gasteiger partial charge in [-0.15, -0.1) is 0 Å². The second-order valence-electron chi connectivity index (χ2n) is 9.28. The Labute approximate surface area is 151 Å². The lowest BCUT2D eigenvalue weighted by Crippen LogP contribution is -2.63. The zero-order valence-corrected chi connectivity index (χ0v) is 15.5. The summed E-state index contributed by atoms with van der Waals surface area (Å²) < 4.78 is 0. The third kappa shape index (κ3) is 2.40. The van der Waals surface area contributed by atoms with Crippen molar-refractivity contribution in [2.45, 2.75) is 63.3 Å². The highest BCUT2D eigenvalue weighted by molar-refractivity contribution is 5.47. The normalized spacial score (nSPS) is 37.5. The number of phenolic OH excluding ortho intramolecular Hbond substituents is 1. The number of rotatable bonds is 3. The largest absolute Gasteiger partial charge is 0.508 e. The lowest BCUT2D eigenvalue weighted by atomic mass is 9.48. The molecule has 0 amide bonds. The van der Waals surface area contributed by atoms with Gasteiger partial charge in [0.15, 0.2) is 0 Å². The summed E-state index contributed by atoms with van der Waals surface area (Å²) in [7, 11) is 0. The molecule has 5 rings (SSSR count). The van der Waals surface area contributed by atoms with E-state index < -0.39 is 0 Å². The van der Waals surface area contributed by atoms with Crippen LogP contribution in [0.4, 0.5) is 0 Å². The van der Waals surface area contributed by atoms with Crippen LogP contribution in [0, 0.1) is 17.8 Å². The first-order valence-corrected chi connectivity index (χ1v) is 10.3. The average molecular weight is 338 g/mol. The van der Waals surface area contributed by atoms with E-state index in [0.717, 1.165) is 24.2 Å². The van der Waals surface area contributed by atoms with Crippen molar-refractivity contribution in [2.75, 3.05) is 13.1 Å². The van der Waals surface area contributed by atoms with Crippen molar-refractivity contribution in [2.24, 2.45) is 17.8 Å². The molecule has 2 saturated carbocycles. The number of allylic oxidation sites excluding steroid dienone is 1. The lowest BCUT2D eigenvalue weighted by Gasteiger charge is -2.62. The maximum atomic E-state index is 10.2. The average Bonchev–Trinajstić information content (AvgIpc) is 3.41. The van der Waals surface area contributed by atoms with Gasteiger partial charge >= 0.3 is 0 Å². The SMILES string of the molecule is C=C1C[C@H](CC)C2C3Cc4ccc(O)cc4C2(CCN3CC2CC2)C1. The van der Waals surface area contributed by atoms with Crippen molar-refractivity contribution < 1.29 is 5.11 Å². The van der Waals surface area contributed by atoms with E-state index in [0.29, 0.717) is 11.8 Å². The highest BCUT2D eigenvalue weighted by Gasteiger charge is 2.57. The summed E-state index contributed by atoms with van der Waals surface area (Å²) in [6.07, 6.45) is 8.91. The number of benzene rings is 1. The molecule has 1 aliphatic heterocycles. The minimum atomic E-state index is 0.229. The minimum Gasteiger partial charge on any atom is -0.508 e. The number of hydrogen-bond acceptors (Lipinski definition) is 2. The van der Waals surface area contributed by atoms with E-state index >= 15 is 0 Å². The fraction of sp³-hybridized carbons (Fsp3) is 0.652. The predicted molar refractivity (Wildman–Crippen MR) is 102 cm³/mol. The maximum Gasteiger partial charge on any atom is 0.115 e. The monoisotopic (exact) mass is 337 g/mol. The van der Waals surface area contributed by atoms with E-state index in [4.69, 9.17) is 0 Å². The number of phenols is 1. The first-order chi connectivity index (χ1) is 12.1. The molecule has 25 heavy (non-hydrogen) atoms. The molecule has 0 radical (unpaired) electrons. The second-order valence-corrected chi connectivity index (χ2v) is 9.28. The topological polar surface area (TPSA) is 23.5 Å². The molecule has 0 spiro atoms. The first-order valence-electron chi connectivity index (χ1n) is 10.3. The fourth-order valence-electron chi connectivity index (χ4n) is 6.61. The smallest absolute Gasteiger partial charge is 0.115 e. The molecule has 1 aromatic rings. The highest BCUT2D eigenvalue weighted by Crippen LogP contribution is 2.59. The van der Waals surface area contributed by atoms with Gasteiger partial charge in [-0.2, -0.15) is 0 Å². The van der Waals surface area contributed by atoms with Crippen LogP contribution < -0.4 is 0 Å². The van der Waals surface area contributed by atoms with Crippen LogP contribution in [0.15, 0.2) is 30.4 Å². The Kier molecular flexibility index (Phi) is 3.57. The molecule has 2 nitrogen and oxygen atoms in total. The molecular formula is C23H31NO. The van der Waals surface area contributed by atoms with Crippen molar-refractivity contribution in [3.8, 4) is 5.75 Å². The van der Waals surface area contributed by atoms with Gasteiger partial charge < -0.3 is 5.11 Å². The second kappa shape index (κ2) is 5.61. The third-order valence-corrected chi connectivity index (χ3v) is 7.76. The molecule has 1 heterocycles. The van der Waals surface area contributed by atoms with Crippen molar-refractivity contribution in [1.29, 1.82) is 0 Å². The van der Waals surface area contributed by atoms with Crippen molar-refractivity contribution in [3.05, 3.63) is 41.5 Å². The number of fused-ring (bicyclic) bond motifs is 1. The third-order valence-electron chi connectivity index (χ3n) is 7.76. The zero-order chi connectivity index (χ0) is 17.2. The quantitative estimate of drug-likeness (QED) is 0.811. The van der Waals surface area contributed by atoms with Gasteiger partial charge in [-0.3, -0.25) is 4.90 Å². The fourth-order valence-corrected chi connectivity index (χ4v) is 6.61. The van der Waals surface area contributed by atoms with Crippen molar-refractivity contribution in [1.82, 2.24) is 4.90 Å². The van der Waals surface area contributed by atoms with Gasteiger partial charge in [0.1, 0.15) is 5.75 Å². The summed E-state index contributed by atoms with van der Waals surface area (Å²) in [6, 6.07) is 6.89. The van der Waals surface area contributed by atoms with Gasteiger partial charge in [-0.1, -0.05) is 31.6 Å². The molecule has 3 fully saturated rings. The first kappa shape index (κ1) is 15.9. The summed E-state index contributed by atoms with van der Waals surface area (Å²) in [6.45, 7) is 9.37. The molecule has 134 valence electrons. The highest BCUT2D eigenvalue weighted by atomic mass is 16.3. The molecule has 0 aromatic heterocycles. The van der Waals surface area contributed by atoms with Gasteiger partial charge in [0.25, 0.3) is 0 Å². The Morgan fingerprint density at radius 2 is 2.12 bits per heavy atom. The van der Waals surface area contributed by atoms with Crippen LogP contribution in [0.3, 0.4) is 0 Å². The molecule has 1 aromatic carbocycles. The summed E-state index contributed by atoms with van der Waals surface area (Å²) in [4.78, 5) is 2.85. The Balaban J connectivity index is 1.63. The standard InChI is InChI=1S/C23H31NO/c1-3-17-10-15(2)13-23-8-9-24(14-16-4-5-16)21(22(17)23)11-18-6-7-19(25)12-20(18)23/h6-7,12,16-17,21-22,25H,2-5,8-11,13-14H2,1H3/t17-,21?,22?,23?/m0/s1. The number of nitrogens with zero attached hydrogens (tertiary/aromatic N) is 1. The molecule has 3 aliphatic carbocycles. The van der Waals surface area contributed by atoms with E-state index in [1.165, 1.54) is 68.3 Å². The number of likely N-dealkylation sites (tertiary alicyclic amines) is 1. The molecule has 1 N–H and O–H groups in total. The Morgan fingerprint density at radius 3 is 2.88 bits per heavy atom. The number of piperidine rings is 1. The summed E-state index contributed by atoms with van der Waals surface area (Å²) in [5, 5.41) is 10.2. The summed E-state index contributed by atoms with van der Waals surface area (Å²) in [5.41, 5.74) is 4.62. The van der Waals surface area contributed by atoms with E-state index in [-0.39, 0.29) is 5.41 Å². The van der Waals surface area contributed by atoms with Gasteiger partial charge in [0.2, 0.25) is 0 Å². The predicted octanol–water partition coefficient (Wildman–Crippen LogP) is 4.66. The van der Waals surface area contributed by atoms with Crippen LogP contribution in [0.5, 0.6) is 5.75 Å². The van der Waals surface area contributed by atoms with E-state index in [1.54, 1.807) is 0 Å². The molecule has 4 aliphatic rings. The van der Waals surface area contributed by atoms with Crippen LogP contribution in [0.1, 0.15) is 56.6 Å². The molecule has 2 heteroatoms. The van der Waals surface area contributed by atoms with Crippen LogP contribution in [-0.4, -0.2) is 29.1 Å². The van der Waals surface area contributed by atoms with Gasteiger partial charge in [0, 0.05) is 18.0 Å². The summed E-state index contributed by atoms with van der Waals surface area (Å²) in [5.74, 6) is 2.90. The van der Waals surface area contributed by atoms with Gasteiger partial charge in [-0.05, 0) is 86.1 Å². The molecule has 1 saturated heterocycles. The molecular weight excluding hydrogens is 306 g/mol. The van der Waals surface area contributed by atoms with Gasteiger partial charge in [0.05, 0.1) is 0 Å². The molecule has 2 bridgehead atoms. The lowest BCUT2D eigenvalue weighted by molar-refractivity contribution is -0.0338. The van der Waals surface area contributed by atoms with E-state index in [1.807, 2.05) is 6.07 Å². The van der Waals surface area contributed by atoms with Crippen LogP contribution in [-0.2, 0) is 11.8 Å². The zero-order valence-electron chi connectivity index (χ0n) is 15.5.